The van der Waals surface area contributed by atoms with Gasteiger partial charge in [-0.05, 0) is 0 Å². The van der Waals surface area contributed by atoms with Crippen LogP contribution in [0.4, 0.5) is 0 Å². The van der Waals surface area contributed by atoms with Crippen molar-refractivity contribution in [2.75, 3.05) is 12.8 Å². The smallest absolute Gasteiger partial charge is 0.231 e. The van der Waals surface area contributed by atoms with Gasteiger partial charge in [-0.2, -0.15) is 0 Å². The largest absolute Gasteiger partial charge is 0.424 e. The van der Waals surface area contributed by atoms with Crippen LogP contribution in [0.25, 0.3) is 0 Å². The number of rotatable bonds is 6. The van der Waals surface area contributed by atoms with Crippen molar-refractivity contribution in [3.63, 3.8) is 0 Å². The van der Waals surface area contributed by atoms with Gasteiger partial charge in [0.1, 0.15) is 5.75 Å². The van der Waals surface area contributed by atoms with Crippen LogP contribution in [0.2, 0.25) is 0 Å². The first kappa shape index (κ1) is 13.1. The van der Waals surface area contributed by atoms with Crippen LogP contribution in [0.15, 0.2) is 4.42 Å². The molecule has 1 rings (SSSR count). The van der Waals surface area contributed by atoms with Crippen LogP contribution < -0.4 is 5.32 Å². The van der Waals surface area contributed by atoms with Gasteiger partial charge in [0.15, 0.2) is 9.84 Å². The molecule has 0 aliphatic rings. The van der Waals surface area contributed by atoms with Crippen molar-refractivity contribution in [3.8, 4) is 0 Å². The second kappa shape index (κ2) is 5.40. The summed E-state index contributed by atoms with van der Waals surface area (Å²) >= 11 is 0. The third-order valence-corrected chi connectivity index (χ3v) is 2.56. The third-order valence-electron chi connectivity index (χ3n) is 1.79. The molecule has 0 atom stereocenters. The first-order valence-electron chi connectivity index (χ1n) is 5.09. The molecule has 6 nitrogen and oxygen atoms in total. The number of nitrogens with one attached hydrogen (secondary N) is 1. The molecule has 0 aliphatic carbocycles. The van der Waals surface area contributed by atoms with Crippen LogP contribution in [0.5, 0.6) is 0 Å². The van der Waals surface area contributed by atoms with Crippen molar-refractivity contribution < 1.29 is 12.8 Å². The predicted molar refractivity (Wildman–Crippen MR) is 59.7 cm³/mol. The van der Waals surface area contributed by atoms with Crippen LogP contribution >= 0.6 is 0 Å². The lowest BCUT2D eigenvalue weighted by atomic mass is 10.3. The summed E-state index contributed by atoms with van der Waals surface area (Å²) in [7, 11) is -3.11. The van der Waals surface area contributed by atoms with Gasteiger partial charge >= 0.3 is 0 Å². The van der Waals surface area contributed by atoms with Gasteiger partial charge in [0, 0.05) is 25.3 Å². The summed E-state index contributed by atoms with van der Waals surface area (Å²) in [4.78, 5) is 0. The Balaban J connectivity index is 2.46. The molecule has 7 heteroatoms. The maximum atomic E-state index is 11.0. The highest BCUT2D eigenvalue weighted by atomic mass is 32.2. The molecular weight excluding hydrogens is 230 g/mol. The molecule has 0 amide bonds. The molecule has 0 aliphatic heterocycles. The Bertz CT molecular complexity index is 425. The molecule has 0 fully saturated rings. The number of hydrogen-bond donors (Lipinski definition) is 1. The summed E-state index contributed by atoms with van der Waals surface area (Å²) < 4.78 is 27.1. The Morgan fingerprint density at radius 2 is 1.94 bits per heavy atom. The minimum absolute atomic E-state index is 0.155. The SMILES string of the molecule is CC(C)NCCc1nnc(CS(C)(=O)=O)o1. The molecule has 0 aromatic carbocycles. The van der Waals surface area contributed by atoms with E-state index in [1.165, 1.54) is 0 Å². The minimum atomic E-state index is -3.11. The average Bonchev–Trinajstić information content (AvgIpc) is 2.48. The molecule has 92 valence electrons. The summed E-state index contributed by atoms with van der Waals surface area (Å²) in [6, 6.07) is 0.401. The zero-order valence-electron chi connectivity index (χ0n) is 9.73. The average molecular weight is 247 g/mol. The summed E-state index contributed by atoms with van der Waals surface area (Å²) in [5.74, 6) is 0.422. The van der Waals surface area contributed by atoms with Crippen LogP contribution in [-0.4, -0.2) is 37.5 Å². The van der Waals surface area contributed by atoms with Gasteiger partial charge in [0.05, 0.1) is 0 Å². The number of sulfone groups is 1. The van der Waals surface area contributed by atoms with Gasteiger partial charge < -0.3 is 9.73 Å². The van der Waals surface area contributed by atoms with E-state index in [9.17, 15) is 8.42 Å². The molecule has 0 unspecified atom stereocenters. The summed E-state index contributed by atoms with van der Waals surface area (Å²) in [6.45, 7) is 4.82. The second-order valence-corrected chi connectivity index (χ2v) is 6.16. The van der Waals surface area contributed by atoms with E-state index < -0.39 is 9.84 Å². The molecule has 1 aromatic heterocycles. The van der Waals surface area contributed by atoms with Gasteiger partial charge in [0.2, 0.25) is 11.8 Å². The van der Waals surface area contributed by atoms with E-state index >= 15 is 0 Å². The Morgan fingerprint density at radius 3 is 2.50 bits per heavy atom. The van der Waals surface area contributed by atoms with E-state index in [-0.39, 0.29) is 11.6 Å². The first-order chi connectivity index (χ1) is 7.37. The molecule has 0 radical (unpaired) electrons. The third kappa shape index (κ3) is 5.22. The van der Waals surface area contributed by atoms with Crippen LogP contribution in [0.1, 0.15) is 25.6 Å². The quantitative estimate of drug-likeness (QED) is 0.770. The van der Waals surface area contributed by atoms with E-state index in [0.29, 0.717) is 18.4 Å². The van der Waals surface area contributed by atoms with Crippen molar-refractivity contribution >= 4 is 9.84 Å². The molecule has 0 saturated heterocycles. The van der Waals surface area contributed by atoms with Crippen molar-refractivity contribution in [3.05, 3.63) is 11.8 Å². The number of hydrogen-bond acceptors (Lipinski definition) is 6. The molecule has 0 saturated carbocycles. The minimum Gasteiger partial charge on any atom is -0.424 e. The van der Waals surface area contributed by atoms with Crippen LogP contribution in [0.3, 0.4) is 0 Å². The highest BCUT2D eigenvalue weighted by molar-refractivity contribution is 7.89. The normalized spacial score (nSPS) is 12.2. The van der Waals surface area contributed by atoms with Crippen molar-refractivity contribution in [2.24, 2.45) is 0 Å². The van der Waals surface area contributed by atoms with Gasteiger partial charge in [0.25, 0.3) is 0 Å². The summed E-state index contributed by atoms with van der Waals surface area (Å²) in [5.41, 5.74) is 0. The fourth-order valence-corrected chi connectivity index (χ4v) is 1.71. The summed E-state index contributed by atoms with van der Waals surface area (Å²) in [5, 5.41) is 10.7. The topological polar surface area (TPSA) is 85.1 Å². The Morgan fingerprint density at radius 1 is 1.31 bits per heavy atom. The predicted octanol–water partition coefficient (Wildman–Crippen LogP) is 0.155. The second-order valence-electron chi connectivity index (χ2n) is 4.02. The van der Waals surface area contributed by atoms with Gasteiger partial charge in [-0.1, -0.05) is 13.8 Å². The monoisotopic (exact) mass is 247 g/mol. The fraction of sp³-hybridized carbons (Fsp3) is 0.778. The van der Waals surface area contributed by atoms with Crippen LogP contribution in [0, 0.1) is 0 Å². The van der Waals surface area contributed by atoms with E-state index in [4.69, 9.17) is 4.42 Å². The lowest BCUT2D eigenvalue weighted by Gasteiger charge is -2.04. The molecule has 1 heterocycles. The zero-order chi connectivity index (χ0) is 12.2. The zero-order valence-corrected chi connectivity index (χ0v) is 10.5. The molecule has 0 spiro atoms. The standard InChI is InChI=1S/C9H17N3O3S/c1-7(2)10-5-4-8-11-12-9(15-8)6-16(3,13)14/h7,10H,4-6H2,1-3H3. The first-order valence-corrected chi connectivity index (χ1v) is 7.15. The van der Waals surface area contributed by atoms with Crippen LogP contribution in [-0.2, 0) is 22.0 Å². The van der Waals surface area contributed by atoms with Gasteiger partial charge in [-0.25, -0.2) is 8.42 Å². The lowest BCUT2D eigenvalue weighted by Crippen LogP contribution is -2.25. The molecule has 16 heavy (non-hydrogen) atoms. The van der Waals surface area contributed by atoms with Crippen molar-refractivity contribution in [1.82, 2.24) is 15.5 Å². The number of nitrogens with zero attached hydrogens (tertiary/aromatic N) is 2. The Labute approximate surface area is 95.4 Å². The van der Waals surface area contributed by atoms with Crippen molar-refractivity contribution in [2.45, 2.75) is 32.1 Å². The Kier molecular flexibility index (Phi) is 4.43. The maximum Gasteiger partial charge on any atom is 0.231 e. The molecular formula is C9H17N3O3S. The highest BCUT2D eigenvalue weighted by Crippen LogP contribution is 2.04. The molecule has 1 N–H and O–H groups in total. The fourth-order valence-electron chi connectivity index (χ4n) is 1.14. The molecule has 0 bridgehead atoms. The summed E-state index contributed by atoms with van der Waals surface area (Å²) in [6.07, 6.45) is 1.74. The van der Waals surface area contributed by atoms with E-state index in [1.807, 2.05) is 13.8 Å². The van der Waals surface area contributed by atoms with Gasteiger partial charge in [-0.3, -0.25) is 0 Å². The molecule has 1 aromatic rings. The van der Waals surface area contributed by atoms with E-state index in [2.05, 4.69) is 15.5 Å². The van der Waals surface area contributed by atoms with E-state index in [0.717, 1.165) is 12.8 Å². The van der Waals surface area contributed by atoms with E-state index in [1.54, 1.807) is 0 Å². The lowest BCUT2D eigenvalue weighted by molar-refractivity contribution is 0.449. The van der Waals surface area contributed by atoms with Crippen molar-refractivity contribution in [1.29, 1.82) is 0 Å². The number of aromatic nitrogens is 2. The Hall–Kier alpha value is -0.950. The maximum absolute atomic E-state index is 11.0. The van der Waals surface area contributed by atoms with Gasteiger partial charge in [-0.15, -0.1) is 10.2 Å². The highest BCUT2D eigenvalue weighted by Gasteiger charge is 2.11.